The lowest BCUT2D eigenvalue weighted by molar-refractivity contribution is -0.385. The van der Waals surface area contributed by atoms with Crippen LogP contribution < -0.4 is 5.32 Å². The molecule has 3 N–H and O–H groups in total. The van der Waals surface area contributed by atoms with Crippen LogP contribution in [-0.2, 0) is 0 Å². The number of hydrogen-bond donors (Lipinski definition) is 3. The molecule has 1 aliphatic carbocycles. The number of aromatic amines is 1. The van der Waals surface area contributed by atoms with Gasteiger partial charge in [-0.15, -0.1) is 0 Å². The molecule has 1 amide bonds. The zero-order chi connectivity index (χ0) is 13.2. The molecule has 1 aromatic rings. The molecule has 0 aliphatic heterocycles. The van der Waals surface area contributed by atoms with Gasteiger partial charge in [0.05, 0.1) is 10.5 Å². The summed E-state index contributed by atoms with van der Waals surface area (Å²) in [6.45, 7) is 0.0992. The number of amides is 1. The van der Waals surface area contributed by atoms with Gasteiger partial charge in [0, 0.05) is 6.54 Å². The van der Waals surface area contributed by atoms with Crippen molar-refractivity contribution in [2.75, 3.05) is 6.54 Å². The second-order valence-corrected chi connectivity index (χ2v) is 4.50. The lowest BCUT2D eigenvalue weighted by Crippen LogP contribution is -2.41. The summed E-state index contributed by atoms with van der Waals surface area (Å²) in [4.78, 5) is 21.7. The van der Waals surface area contributed by atoms with Crippen LogP contribution in [0.3, 0.4) is 0 Å². The zero-order valence-electron chi connectivity index (χ0n) is 9.68. The number of H-pyrrole nitrogens is 1. The topological polar surface area (TPSA) is 121 Å². The summed E-state index contributed by atoms with van der Waals surface area (Å²) in [6, 6.07) is 0. The van der Waals surface area contributed by atoms with Gasteiger partial charge < -0.3 is 10.4 Å². The molecule has 0 atom stereocenters. The lowest BCUT2D eigenvalue weighted by atomic mass is 10.0. The van der Waals surface area contributed by atoms with Crippen LogP contribution in [0.25, 0.3) is 0 Å². The van der Waals surface area contributed by atoms with E-state index in [-0.39, 0.29) is 17.9 Å². The minimum atomic E-state index is -0.884. The molecule has 1 saturated carbocycles. The normalized spacial score (nSPS) is 17.6. The van der Waals surface area contributed by atoms with E-state index < -0.39 is 16.4 Å². The predicted molar refractivity (Wildman–Crippen MR) is 61.0 cm³/mol. The average Bonchev–Trinajstić information content (AvgIpc) is 2.95. The summed E-state index contributed by atoms with van der Waals surface area (Å²) in [7, 11) is 0. The summed E-state index contributed by atoms with van der Waals surface area (Å²) in [5.74, 6) is -0.625. The molecular weight excluding hydrogens is 240 g/mol. The van der Waals surface area contributed by atoms with E-state index in [1.54, 1.807) is 0 Å². The van der Waals surface area contributed by atoms with E-state index in [4.69, 9.17) is 0 Å². The van der Waals surface area contributed by atoms with Crippen molar-refractivity contribution < 1.29 is 14.8 Å². The summed E-state index contributed by atoms with van der Waals surface area (Å²) in [5.41, 5.74) is -1.45. The Kier molecular flexibility index (Phi) is 3.28. The molecule has 0 radical (unpaired) electrons. The van der Waals surface area contributed by atoms with Gasteiger partial charge in [-0.25, -0.2) is 0 Å². The summed E-state index contributed by atoms with van der Waals surface area (Å²) < 4.78 is 0. The van der Waals surface area contributed by atoms with E-state index in [2.05, 4.69) is 15.5 Å². The molecule has 1 aliphatic rings. The van der Waals surface area contributed by atoms with E-state index in [0.29, 0.717) is 12.8 Å². The fourth-order valence-electron chi connectivity index (χ4n) is 2.13. The number of nitro groups is 1. The Bertz CT molecular complexity index is 464. The van der Waals surface area contributed by atoms with Crippen molar-refractivity contribution in [2.45, 2.75) is 31.3 Å². The van der Waals surface area contributed by atoms with Crippen molar-refractivity contribution >= 4 is 11.6 Å². The Balaban J connectivity index is 1.99. The van der Waals surface area contributed by atoms with Crippen LogP contribution in [0, 0.1) is 10.1 Å². The maximum atomic E-state index is 11.7. The van der Waals surface area contributed by atoms with Gasteiger partial charge in [0.2, 0.25) is 5.69 Å². The number of rotatable bonds is 4. The molecule has 1 heterocycles. The van der Waals surface area contributed by atoms with E-state index in [0.717, 1.165) is 19.0 Å². The maximum Gasteiger partial charge on any atom is 0.319 e. The molecule has 0 unspecified atom stereocenters. The Morgan fingerprint density at radius 3 is 2.89 bits per heavy atom. The van der Waals surface area contributed by atoms with E-state index in [9.17, 15) is 20.0 Å². The maximum absolute atomic E-state index is 11.7. The van der Waals surface area contributed by atoms with Gasteiger partial charge in [-0.3, -0.25) is 20.0 Å². The van der Waals surface area contributed by atoms with Crippen molar-refractivity contribution in [2.24, 2.45) is 0 Å². The fraction of sp³-hybridized carbons (Fsp3) is 0.600. The number of nitrogens with one attached hydrogen (secondary N) is 2. The van der Waals surface area contributed by atoms with E-state index in [1.807, 2.05) is 0 Å². The molecule has 1 aromatic heterocycles. The largest absolute Gasteiger partial charge is 0.388 e. The van der Waals surface area contributed by atoms with Crippen LogP contribution in [-0.4, -0.2) is 38.3 Å². The van der Waals surface area contributed by atoms with Crippen molar-refractivity contribution in [3.8, 4) is 0 Å². The van der Waals surface area contributed by atoms with Gasteiger partial charge in [-0.05, 0) is 12.8 Å². The number of aliphatic hydroxyl groups is 1. The van der Waals surface area contributed by atoms with Crippen LogP contribution in [0.2, 0.25) is 0 Å². The van der Waals surface area contributed by atoms with Gasteiger partial charge in [0.15, 0.2) is 0 Å². The summed E-state index contributed by atoms with van der Waals surface area (Å²) >= 11 is 0. The first-order valence-electron chi connectivity index (χ1n) is 5.70. The minimum Gasteiger partial charge on any atom is -0.388 e. The van der Waals surface area contributed by atoms with Crippen LogP contribution >= 0.6 is 0 Å². The average molecular weight is 254 g/mol. The number of carbonyl (C=O) groups excluding carboxylic acids is 1. The van der Waals surface area contributed by atoms with Gasteiger partial charge >= 0.3 is 5.69 Å². The number of nitrogens with zero attached hydrogens (tertiary/aromatic N) is 2. The molecule has 0 spiro atoms. The highest BCUT2D eigenvalue weighted by Crippen LogP contribution is 2.28. The molecule has 8 nitrogen and oxygen atoms in total. The van der Waals surface area contributed by atoms with Gasteiger partial charge in [0.25, 0.3) is 5.91 Å². The van der Waals surface area contributed by atoms with Gasteiger partial charge in [-0.1, -0.05) is 12.8 Å². The number of carbonyl (C=O) groups is 1. The SMILES string of the molecule is O=C(NCC1(O)CCCC1)c1[nH]ncc1[N+](=O)[O-]. The molecular formula is C10H14N4O4. The molecule has 0 saturated heterocycles. The zero-order valence-corrected chi connectivity index (χ0v) is 9.68. The molecule has 0 aromatic carbocycles. The first kappa shape index (κ1) is 12.5. The Morgan fingerprint density at radius 1 is 1.61 bits per heavy atom. The standard InChI is InChI=1S/C10H14N4O4/c15-9(8-7(14(17)18)5-12-13-8)11-6-10(16)3-1-2-4-10/h5,16H,1-4,6H2,(H,11,15)(H,12,13). The fourth-order valence-corrected chi connectivity index (χ4v) is 2.13. The van der Waals surface area contributed by atoms with Crippen molar-refractivity contribution in [1.29, 1.82) is 0 Å². The molecule has 0 bridgehead atoms. The number of aromatic nitrogens is 2. The summed E-state index contributed by atoms with van der Waals surface area (Å²) in [5, 5.41) is 28.9. The lowest BCUT2D eigenvalue weighted by Gasteiger charge is -2.21. The first-order valence-corrected chi connectivity index (χ1v) is 5.70. The van der Waals surface area contributed by atoms with Crippen LogP contribution in [0.15, 0.2) is 6.20 Å². The molecule has 2 rings (SSSR count). The highest BCUT2D eigenvalue weighted by Gasteiger charge is 2.32. The quantitative estimate of drug-likeness (QED) is 0.528. The van der Waals surface area contributed by atoms with E-state index >= 15 is 0 Å². The van der Waals surface area contributed by atoms with E-state index in [1.165, 1.54) is 0 Å². The van der Waals surface area contributed by atoms with Crippen molar-refractivity contribution in [3.05, 3.63) is 22.0 Å². The molecule has 1 fully saturated rings. The smallest absolute Gasteiger partial charge is 0.319 e. The third-order valence-electron chi connectivity index (χ3n) is 3.16. The van der Waals surface area contributed by atoms with Crippen LogP contribution in [0.4, 0.5) is 5.69 Å². The number of hydrogen-bond acceptors (Lipinski definition) is 5. The van der Waals surface area contributed by atoms with Crippen molar-refractivity contribution in [3.63, 3.8) is 0 Å². The summed E-state index contributed by atoms with van der Waals surface area (Å²) in [6.07, 6.45) is 4.11. The highest BCUT2D eigenvalue weighted by molar-refractivity contribution is 5.95. The highest BCUT2D eigenvalue weighted by atomic mass is 16.6. The van der Waals surface area contributed by atoms with Gasteiger partial charge in [0.1, 0.15) is 6.20 Å². The van der Waals surface area contributed by atoms with Crippen LogP contribution in [0.1, 0.15) is 36.2 Å². The molecule has 18 heavy (non-hydrogen) atoms. The van der Waals surface area contributed by atoms with Crippen molar-refractivity contribution in [1.82, 2.24) is 15.5 Å². The third kappa shape index (κ3) is 2.48. The van der Waals surface area contributed by atoms with Crippen LogP contribution in [0.5, 0.6) is 0 Å². The second kappa shape index (κ2) is 4.73. The molecule has 98 valence electrons. The van der Waals surface area contributed by atoms with Gasteiger partial charge in [-0.2, -0.15) is 5.10 Å². The minimum absolute atomic E-state index is 0.0992. The first-order chi connectivity index (χ1) is 8.52. The predicted octanol–water partition coefficient (Wildman–Crippen LogP) is 0.353. The second-order valence-electron chi connectivity index (χ2n) is 4.50. The third-order valence-corrected chi connectivity index (χ3v) is 3.16. The Hall–Kier alpha value is -1.96. The Labute approximate surface area is 103 Å². The molecule has 8 heteroatoms. The monoisotopic (exact) mass is 254 g/mol. The Morgan fingerprint density at radius 2 is 2.28 bits per heavy atom.